The zero-order valence-corrected chi connectivity index (χ0v) is 11.8. The van der Waals surface area contributed by atoms with Crippen molar-refractivity contribution in [1.82, 2.24) is 5.32 Å². The Morgan fingerprint density at radius 3 is 2.58 bits per heavy atom. The first-order valence-electron chi connectivity index (χ1n) is 6.74. The van der Waals surface area contributed by atoms with Crippen molar-refractivity contribution in [1.29, 1.82) is 0 Å². The van der Waals surface area contributed by atoms with Crippen LogP contribution in [0.15, 0.2) is 24.3 Å². The number of anilines is 1. The first kappa shape index (κ1) is 13.9. The summed E-state index contributed by atoms with van der Waals surface area (Å²) >= 11 is 0. The minimum atomic E-state index is 0.0795. The average Bonchev–Trinajstić information content (AvgIpc) is 2.46. The molecule has 104 valence electrons. The first-order valence-corrected chi connectivity index (χ1v) is 6.74. The highest BCUT2D eigenvalue weighted by Gasteiger charge is 2.27. The Hall–Kier alpha value is -1.55. The van der Waals surface area contributed by atoms with Crippen LogP contribution < -0.4 is 15.0 Å². The largest absolute Gasteiger partial charge is 0.497 e. The van der Waals surface area contributed by atoms with E-state index < -0.39 is 0 Å². The van der Waals surface area contributed by atoms with Gasteiger partial charge in [0.05, 0.1) is 13.0 Å². The maximum Gasteiger partial charge on any atom is 0.231 e. The minimum Gasteiger partial charge on any atom is -0.497 e. The normalized spacial score (nSPS) is 22.9. The second-order valence-corrected chi connectivity index (χ2v) is 5.29. The van der Waals surface area contributed by atoms with E-state index >= 15 is 0 Å². The van der Waals surface area contributed by atoms with Crippen molar-refractivity contribution in [3.63, 3.8) is 0 Å². The van der Waals surface area contributed by atoms with Crippen molar-refractivity contribution in [3.8, 4) is 5.75 Å². The molecule has 2 unspecified atom stereocenters. The molecule has 4 heteroatoms. The van der Waals surface area contributed by atoms with Crippen LogP contribution in [0.1, 0.15) is 13.3 Å². The number of piperidine rings is 1. The quantitative estimate of drug-likeness (QED) is 0.904. The topological polar surface area (TPSA) is 41.6 Å². The molecule has 0 radical (unpaired) electrons. The van der Waals surface area contributed by atoms with Gasteiger partial charge in [0, 0.05) is 19.3 Å². The number of nitrogens with one attached hydrogen (secondary N) is 1. The van der Waals surface area contributed by atoms with Crippen molar-refractivity contribution in [2.24, 2.45) is 11.8 Å². The molecule has 1 saturated heterocycles. The number of nitrogens with zero attached hydrogens (tertiary/aromatic N) is 1. The number of ether oxygens (including phenoxy) is 1. The van der Waals surface area contributed by atoms with Gasteiger partial charge in [-0.15, -0.1) is 0 Å². The number of amides is 1. The Bertz CT molecular complexity index is 430. The van der Waals surface area contributed by atoms with Crippen LogP contribution in [-0.4, -0.2) is 33.2 Å². The summed E-state index contributed by atoms with van der Waals surface area (Å²) in [4.78, 5) is 14.2. The van der Waals surface area contributed by atoms with E-state index in [-0.39, 0.29) is 11.8 Å². The summed E-state index contributed by atoms with van der Waals surface area (Å²) in [5.74, 6) is 1.63. The van der Waals surface area contributed by atoms with E-state index in [1.54, 1.807) is 12.0 Å². The molecule has 2 atom stereocenters. The number of methoxy groups -OCH3 is 1. The molecule has 1 fully saturated rings. The molecule has 19 heavy (non-hydrogen) atoms. The van der Waals surface area contributed by atoms with Crippen LogP contribution >= 0.6 is 0 Å². The van der Waals surface area contributed by atoms with Crippen molar-refractivity contribution >= 4 is 11.6 Å². The monoisotopic (exact) mass is 262 g/mol. The van der Waals surface area contributed by atoms with Gasteiger partial charge in [0.1, 0.15) is 5.75 Å². The summed E-state index contributed by atoms with van der Waals surface area (Å²) in [6, 6.07) is 7.58. The third-order valence-electron chi connectivity index (χ3n) is 3.71. The van der Waals surface area contributed by atoms with Crippen LogP contribution in [0, 0.1) is 11.8 Å². The van der Waals surface area contributed by atoms with Crippen LogP contribution in [0.5, 0.6) is 5.75 Å². The van der Waals surface area contributed by atoms with Crippen LogP contribution in [0.25, 0.3) is 0 Å². The molecule has 1 amide bonds. The highest BCUT2D eigenvalue weighted by atomic mass is 16.5. The fourth-order valence-electron chi connectivity index (χ4n) is 2.55. The summed E-state index contributed by atoms with van der Waals surface area (Å²) in [6.45, 7) is 3.97. The third-order valence-corrected chi connectivity index (χ3v) is 3.71. The third kappa shape index (κ3) is 3.26. The summed E-state index contributed by atoms with van der Waals surface area (Å²) < 4.78 is 5.13. The maximum absolute atomic E-state index is 12.5. The van der Waals surface area contributed by atoms with Crippen LogP contribution in [-0.2, 0) is 4.79 Å². The maximum atomic E-state index is 12.5. The van der Waals surface area contributed by atoms with Gasteiger partial charge in [-0.3, -0.25) is 4.79 Å². The first-order chi connectivity index (χ1) is 9.11. The van der Waals surface area contributed by atoms with Gasteiger partial charge in [0.25, 0.3) is 0 Å². The fourth-order valence-corrected chi connectivity index (χ4v) is 2.55. The summed E-state index contributed by atoms with van der Waals surface area (Å²) in [5, 5.41) is 3.32. The van der Waals surface area contributed by atoms with Gasteiger partial charge in [-0.25, -0.2) is 0 Å². The van der Waals surface area contributed by atoms with Gasteiger partial charge in [0.2, 0.25) is 5.91 Å². The molecule has 0 saturated carbocycles. The molecular formula is C15H22N2O2. The Kier molecular flexibility index (Phi) is 4.43. The van der Waals surface area contributed by atoms with Crippen LogP contribution in [0.4, 0.5) is 5.69 Å². The van der Waals surface area contributed by atoms with E-state index in [0.717, 1.165) is 30.9 Å². The Balaban J connectivity index is 2.05. The van der Waals surface area contributed by atoms with E-state index in [1.807, 2.05) is 31.3 Å². The second kappa shape index (κ2) is 6.06. The van der Waals surface area contributed by atoms with E-state index in [9.17, 15) is 4.79 Å². The molecular weight excluding hydrogens is 240 g/mol. The molecule has 0 spiro atoms. The minimum absolute atomic E-state index is 0.0795. The zero-order valence-electron chi connectivity index (χ0n) is 11.8. The van der Waals surface area contributed by atoms with Gasteiger partial charge in [-0.2, -0.15) is 0 Å². The second-order valence-electron chi connectivity index (χ2n) is 5.29. The summed E-state index contributed by atoms with van der Waals surface area (Å²) in [5.41, 5.74) is 0.907. The Labute approximate surface area is 114 Å². The predicted molar refractivity (Wildman–Crippen MR) is 76.5 cm³/mol. The van der Waals surface area contributed by atoms with E-state index in [4.69, 9.17) is 4.74 Å². The number of hydrogen-bond acceptors (Lipinski definition) is 3. The molecule has 4 nitrogen and oxygen atoms in total. The van der Waals surface area contributed by atoms with E-state index in [2.05, 4.69) is 12.2 Å². The van der Waals surface area contributed by atoms with Gasteiger partial charge >= 0.3 is 0 Å². The van der Waals surface area contributed by atoms with Crippen molar-refractivity contribution in [2.75, 3.05) is 32.1 Å². The lowest BCUT2D eigenvalue weighted by Crippen LogP contribution is -2.44. The molecule has 1 aromatic carbocycles. The number of carbonyl (C=O) groups excluding carboxylic acids is 1. The Morgan fingerprint density at radius 1 is 1.32 bits per heavy atom. The number of rotatable bonds is 3. The highest BCUT2D eigenvalue weighted by molar-refractivity contribution is 5.94. The summed E-state index contributed by atoms with van der Waals surface area (Å²) in [6.07, 6.45) is 0.965. The molecule has 2 rings (SSSR count). The zero-order chi connectivity index (χ0) is 13.8. The molecule has 1 aliphatic rings. The molecule has 0 aliphatic carbocycles. The smallest absolute Gasteiger partial charge is 0.231 e. The molecule has 1 aromatic rings. The van der Waals surface area contributed by atoms with Crippen molar-refractivity contribution < 1.29 is 9.53 Å². The highest BCUT2D eigenvalue weighted by Crippen LogP contribution is 2.23. The molecule has 0 bridgehead atoms. The average molecular weight is 262 g/mol. The van der Waals surface area contributed by atoms with Crippen molar-refractivity contribution in [3.05, 3.63) is 24.3 Å². The van der Waals surface area contributed by atoms with E-state index in [1.165, 1.54) is 0 Å². The van der Waals surface area contributed by atoms with Crippen molar-refractivity contribution in [2.45, 2.75) is 13.3 Å². The van der Waals surface area contributed by atoms with Gasteiger partial charge in [-0.05, 0) is 43.1 Å². The number of carbonyl (C=O) groups is 1. The molecule has 1 heterocycles. The van der Waals surface area contributed by atoms with Crippen LogP contribution in [0.2, 0.25) is 0 Å². The van der Waals surface area contributed by atoms with Gasteiger partial charge in [0.15, 0.2) is 0 Å². The molecule has 0 aromatic heterocycles. The Morgan fingerprint density at radius 2 is 2.00 bits per heavy atom. The lowest BCUT2D eigenvalue weighted by Gasteiger charge is -2.30. The number of hydrogen-bond donors (Lipinski definition) is 1. The SMILES string of the molecule is COc1ccc(N(C)C(=O)C2CNCC(C)C2)cc1. The van der Waals surface area contributed by atoms with Gasteiger partial charge in [-0.1, -0.05) is 6.92 Å². The number of benzene rings is 1. The molecule has 1 N–H and O–H groups in total. The predicted octanol–water partition coefficient (Wildman–Crippen LogP) is 1.90. The lowest BCUT2D eigenvalue weighted by atomic mass is 9.91. The van der Waals surface area contributed by atoms with Crippen LogP contribution in [0.3, 0.4) is 0 Å². The van der Waals surface area contributed by atoms with Gasteiger partial charge < -0.3 is 15.0 Å². The molecule has 1 aliphatic heterocycles. The summed E-state index contributed by atoms with van der Waals surface area (Å²) in [7, 11) is 3.47. The standard InChI is InChI=1S/C15H22N2O2/c1-11-8-12(10-16-9-11)15(18)17(2)13-4-6-14(19-3)7-5-13/h4-7,11-12,16H,8-10H2,1-3H3. The fraction of sp³-hybridized carbons (Fsp3) is 0.533. The lowest BCUT2D eigenvalue weighted by molar-refractivity contribution is -0.123. The van der Waals surface area contributed by atoms with E-state index in [0.29, 0.717) is 5.92 Å².